The molecule has 0 saturated carbocycles. The molecule has 1 N–H and O–H groups in total. The third-order valence-electron chi connectivity index (χ3n) is 2.76. The summed E-state index contributed by atoms with van der Waals surface area (Å²) in [6.45, 7) is 1.61. The minimum Gasteiger partial charge on any atom is -0.480 e. The number of carbonyl (C=O) groups excluding carboxylic acids is 1. The number of nitrogens with one attached hydrogen (secondary N) is 1. The van der Waals surface area contributed by atoms with E-state index in [4.69, 9.17) is 4.74 Å². The van der Waals surface area contributed by atoms with Crippen LogP contribution in [0.15, 0.2) is 35.8 Å². The fourth-order valence-corrected chi connectivity index (χ4v) is 2.25. The molecule has 0 bridgehead atoms. The van der Waals surface area contributed by atoms with Crippen molar-refractivity contribution in [3.63, 3.8) is 0 Å². The zero-order valence-electron chi connectivity index (χ0n) is 11.6. The second-order valence-electron chi connectivity index (χ2n) is 4.40. The third kappa shape index (κ3) is 4.20. The molecule has 118 valence electrons. The average Bonchev–Trinajstić information content (AvgIpc) is 2.97. The normalized spacial score (nSPS) is 12.7. The molecule has 0 radical (unpaired) electrons. The van der Waals surface area contributed by atoms with Crippen LogP contribution in [-0.4, -0.2) is 17.0 Å². The molecule has 2 rings (SSSR count). The number of hydrogen-bond donors (Lipinski definition) is 1. The van der Waals surface area contributed by atoms with E-state index in [1.807, 2.05) is 0 Å². The van der Waals surface area contributed by atoms with Gasteiger partial charge in [-0.05, 0) is 19.1 Å². The predicted molar refractivity (Wildman–Crippen MR) is 75.5 cm³/mol. The molecule has 22 heavy (non-hydrogen) atoms. The third-order valence-corrected chi connectivity index (χ3v) is 3.54. The lowest BCUT2D eigenvalue weighted by Gasteiger charge is -2.18. The number of carbonyl (C=O) groups is 1. The Hall–Kier alpha value is -2.09. The molecule has 1 aromatic heterocycles. The lowest BCUT2D eigenvalue weighted by atomic mass is 10.2. The lowest BCUT2D eigenvalue weighted by Crippen LogP contribution is -2.36. The minimum atomic E-state index is -4.53. The topological polar surface area (TPSA) is 51.2 Å². The molecule has 1 atom stereocenters. The summed E-state index contributed by atoms with van der Waals surface area (Å²) in [7, 11) is 0. The second kappa shape index (κ2) is 6.78. The van der Waals surface area contributed by atoms with E-state index in [0.717, 1.165) is 6.07 Å². The molecule has 0 aliphatic rings. The summed E-state index contributed by atoms with van der Waals surface area (Å²) >= 11 is 1.37. The quantitative estimate of drug-likeness (QED) is 0.916. The van der Waals surface area contributed by atoms with E-state index in [0.29, 0.717) is 5.01 Å². The van der Waals surface area contributed by atoms with Gasteiger partial charge in [-0.2, -0.15) is 13.2 Å². The second-order valence-corrected chi connectivity index (χ2v) is 5.38. The van der Waals surface area contributed by atoms with Crippen LogP contribution in [0.3, 0.4) is 0 Å². The van der Waals surface area contributed by atoms with Crippen LogP contribution < -0.4 is 10.1 Å². The molecule has 1 unspecified atom stereocenters. The summed E-state index contributed by atoms with van der Waals surface area (Å²) in [6.07, 6.45) is -3.98. The summed E-state index contributed by atoms with van der Waals surface area (Å²) in [5.41, 5.74) is -0.908. The first-order valence-corrected chi connectivity index (χ1v) is 7.25. The Morgan fingerprint density at radius 1 is 1.41 bits per heavy atom. The van der Waals surface area contributed by atoms with Crippen LogP contribution in [0, 0.1) is 0 Å². The zero-order chi connectivity index (χ0) is 16.2. The number of thiazole rings is 1. The smallest absolute Gasteiger partial charge is 0.419 e. The van der Waals surface area contributed by atoms with Crippen molar-refractivity contribution in [2.75, 3.05) is 0 Å². The van der Waals surface area contributed by atoms with Gasteiger partial charge in [0, 0.05) is 11.6 Å². The van der Waals surface area contributed by atoms with Gasteiger partial charge >= 0.3 is 6.18 Å². The van der Waals surface area contributed by atoms with E-state index in [1.165, 1.54) is 36.5 Å². The highest BCUT2D eigenvalue weighted by atomic mass is 32.1. The number of rotatable bonds is 5. The summed E-state index contributed by atoms with van der Waals surface area (Å²) in [5, 5.41) is 5.04. The van der Waals surface area contributed by atoms with Crippen LogP contribution in [0.2, 0.25) is 0 Å². The number of benzene rings is 1. The van der Waals surface area contributed by atoms with Crippen molar-refractivity contribution < 1.29 is 22.7 Å². The average molecular weight is 330 g/mol. The fourth-order valence-electron chi connectivity index (χ4n) is 1.69. The maximum Gasteiger partial charge on any atom is 0.419 e. The Labute approximate surface area is 128 Å². The van der Waals surface area contributed by atoms with Crippen LogP contribution in [0.5, 0.6) is 5.75 Å². The van der Waals surface area contributed by atoms with E-state index < -0.39 is 23.8 Å². The maximum absolute atomic E-state index is 12.8. The largest absolute Gasteiger partial charge is 0.480 e. The Morgan fingerprint density at radius 2 is 2.14 bits per heavy atom. The standard InChI is InChI=1S/C14H13F3N2O2S/c1-9(13(20)19-8-12-18-6-7-22-12)21-11-5-3-2-4-10(11)14(15,16)17/h2-7,9H,8H2,1H3,(H,19,20). The Morgan fingerprint density at radius 3 is 2.77 bits per heavy atom. The molecule has 4 nitrogen and oxygen atoms in total. The molecule has 0 spiro atoms. The number of para-hydroxylation sites is 1. The first-order chi connectivity index (χ1) is 10.4. The predicted octanol–water partition coefficient (Wildman–Crippen LogP) is 3.25. The monoisotopic (exact) mass is 330 g/mol. The number of alkyl halides is 3. The van der Waals surface area contributed by atoms with Crippen LogP contribution >= 0.6 is 11.3 Å². The molecule has 1 heterocycles. The van der Waals surface area contributed by atoms with Gasteiger partial charge in [-0.15, -0.1) is 11.3 Å². The van der Waals surface area contributed by atoms with E-state index in [2.05, 4.69) is 10.3 Å². The highest BCUT2D eigenvalue weighted by molar-refractivity contribution is 7.09. The van der Waals surface area contributed by atoms with Crippen molar-refractivity contribution in [1.29, 1.82) is 0 Å². The number of nitrogens with zero attached hydrogens (tertiary/aromatic N) is 1. The Balaban J connectivity index is 1.99. The molecule has 1 aromatic carbocycles. The van der Waals surface area contributed by atoms with Crippen molar-refractivity contribution >= 4 is 17.2 Å². The van der Waals surface area contributed by atoms with Gasteiger partial charge in [0.25, 0.3) is 5.91 Å². The summed E-state index contributed by atoms with van der Waals surface area (Å²) in [4.78, 5) is 15.9. The van der Waals surface area contributed by atoms with Gasteiger partial charge in [0.1, 0.15) is 10.8 Å². The van der Waals surface area contributed by atoms with Gasteiger partial charge in [-0.3, -0.25) is 4.79 Å². The molecule has 0 aliphatic heterocycles. The molecule has 2 aromatic rings. The molecular weight excluding hydrogens is 317 g/mol. The van der Waals surface area contributed by atoms with E-state index >= 15 is 0 Å². The van der Waals surface area contributed by atoms with Gasteiger partial charge < -0.3 is 10.1 Å². The number of amides is 1. The van der Waals surface area contributed by atoms with Crippen LogP contribution in [0.25, 0.3) is 0 Å². The number of aromatic nitrogens is 1. The summed E-state index contributed by atoms with van der Waals surface area (Å²) in [5.74, 6) is -0.876. The SMILES string of the molecule is CC(Oc1ccccc1C(F)(F)F)C(=O)NCc1nccs1. The van der Waals surface area contributed by atoms with Crippen molar-refractivity contribution in [3.8, 4) is 5.75 Å². The maximum atomic E-state index is 12.8. The van der Waals surface area contributed by atoms with Crippen LogP contribution in [0.4, 0.5) is 13.2 Å². The van der Waals surface area contributed by atoms with E-state index in [1.54, 1.807) is 11.6 Å². The highest BCUT2D eigenvalue weighted by Gasteiger charge is 2.34. The van der Waals surface area contributed by atoms with Gasteiger partial charge in [0.15, 0.2) is 6.10 Å². The van der Waals surface area contributed by atoms with Gasteiger partial charge in [0.2, 0.25) is 0 Å². The van der Waals surface area contributed by atoms with Crippen molar-refractivity contribution in [2.45, 2.75) is 25.7 Å². The molecule has 0 fully saturated rings. The van der Waals surface area contributed by atoms with E-state index in [-0.39, 0.29) is 12.3 Å². The Bertz CT molecular complexity index is 629. The fraction of sp³-hybridized carbons (Fsp3) is 0.286. The first kappa shape index (κ1) is 16.3. The molecule has 0 saturated heterocycles. The number of halogens is 3. The van der Waals surface area contributed by atoms with Gasteiger partial charge in [-0.25, -0.2) is 4.98 Å². The molecule has 8 heteroatoms. The van der Waals surface area contributed by atoms with Gasteiger partial charge in [-0.1, -0.05) is 12.1 Å². The summed E-state index contributed by atoms with van der Waals surface area (Å²) in [6, 6.07) is 4.79. The molecule has 1 amide bonds. The highest BCUT2D eigenvalue weighted by Crippen LogP contribution is 2.36. The van der Waals surface area contributed by atoms with Crippen LogP contribution in [0.1, 0.15) is 17.5 Å². The number of hydrogen-bond acceptors (Lipinski definition) is 4. The first-order valence-electron chi connectivity index (χ1n) is 6.37. The Kier molecular flexibility index (Phi) is 5.02. The van der Waals surface area contributed by atoms with E-state index in [9.17, 15) is 18.0 Å². The number of ether oxygens (including phenoxy) is 1. The van der Waals surface area contributed by atoms with Crippen molar-refractivity contribution in [2.24, 2.45) is 0 Å². The lowest BCUT2D eigenvalue weighted by molar-refractivity contribution is -0.140. The minimum absolute atomic E-state index is 0.213. The molecule has 0 aliphatic carbocycles. The van der Waals surface area contributed by atoms with Gasteiger partial charge in [0.05, 0.1) is 12.1 Å². The zero-order valence-corrected chi connectivity index (χ0v) is 12.4. The van der Waals surface area contributed by atoms with Crippen molar-refractivity contribution in [1.82, 2.24) is 10.3 Å². The van der Waals surface area contributed by atoms with Crippen molar-refractivity contribution in [3.05, 3.63) is 46.4 Å². The molecular formula is C14H13F3N2O2S. The van der Waals surface area contributed by atoms with Crippen LogP contribution in [-0.2, 0) is 17.5 Å². The summed E-state index contributed by atoms with van der Waals surface area (Å²) < 4.78 is 43.7.